The lowest BCUT2D eigenvalue weighted by molar-refractivity contribution is -0.224. The van der Waals surface area contributed by atoms with E-state index in [1.807, 2.05) is 13.8 Å². The van der Waals surface area contributed by atoms with Gasteiger partial charge >= 0.3 is 6.11 Å². The molecule has 0 atom stereocenters. The highest BCUT2D eigenvalue weighted by Crippen LogP contribution is 2.47. The fraction of sp³-hybridized carbons (Fsp3) is 0.872. The molecule has 0 saturated heterocycles. The lowest BCUT2D eigenvalue weighted by Gasteiger charge is -2.37. The van der Waals surface area contributed by atoms with Crippen LogP contribution < -0.4 is 4.74 Å². The van der Waals surface area contributed by atoms with Crippen LogP contribution >= 0.6 is 0 Å². The predicted octanol–water partition coefficient (Wildman–Crippen LogP) is 14.7. The topological polar surface area (TPSA) is 9.23 Å². The van der Waals surface area contributed by atoms with Crippen molar-refractivity contribution in [2.24, 2.45) is 59.2 Å². The van der Waals surface area contributed by atoms with Crippen molar-refractivity contribution in [3.05, 3.63) is 27.8 Å². The van der Waals surface area contributed by atoms with Crippen LogP contribution in [0.2, 0.25) is 0 Å². The highest BCUT2D eigenvalue weighted by Gasteiger charge is 2.45. The summed E-state index contributed by atoms with van der Waals surface area (Å²) in [5.41, 5.74) is 5.64. The second kappa shape index (κ2) is 17.3. The maximum atomic E-state index is 15.9. The van der Waals surface area contributed by atoms with E-state index in [2.05, 4.69) is 27.7 Å². The highest BCUT2D eigenvalue weighted by atomic mass is 19.3. The van der Waals surface area contributed by atoms with E-state index >= 15 is 8.78 Å². The number of hydrogen-bond acceptors (Lipinski definition) is 1. The van der Waals surface area contributed by atoms with Gasteiger partial charge in [-0.05, 0) is 173 Å². The first-order chi connectivity index (χ1) is 23.9. The minimum Gasteiger partial charge on any atom is -0.432 e. The zero-order chi connectivity index (χ0) is 35.4. The van der Waals surface area contributed by atoms with Crippen molar-refractivity contribution in [2.45, 2.75) is 202 Å². The Balaban J connectivity index is 0.950. The van der Waals surface area contributed by atoms with Gasteiger partial charge in [0, 0.05) is 0 Å². The third kappa shape index (κ3) is 9.89. The zero-order valence-electron chi connectivity index (χ0n) is 33.4. The van der Waals surface area contributed by atoms with Crippen LogP contribution in [0.1, 0.15) is 189 Å². The quantitative estimate of drug-likeness (QED) is 0.224. The van der Waals surface area contributed by atoms with Crippen molar-refractivity contribution in [1.82, 2.24) is 0 Å². The molecule has 5 aliphatic carbocycles. The van der Waals surface area contributed by atoms with Gasteiger partial charge in [0.05, 0.1) is 5.92 Å². The van der Waals surface area contributed by atoms with Gasteiger partial charge in [-0.2, -0.15) is 8.78 Å². The molecule has 1 aromatic carbocycles. The van der Waals surface area contributed by atoms with Crippen LogP contribution in [0.15, 0.2) is 0 Å². The predicted molar refractivity (Wildman–Crippen MR) is 207 cm³/mol. The Kier molecular flexibility index (Phi) is 13.4. The Hall–Kier alpha value is -1.12. The molecule has 0 heterocycles. The molecule has 0 aliphatic heterocycles. The standard InChI is InChI=1S/C47H76F2O/c1-31-7-11-37(12-8-31)27-39-15-17-40(18-16-39)29-42-23-25-44(26-24-42)47(48,49)50-46-35(5)33(3)45(34(4)36(46)6)30-43-21-19-41(20-22-43)28-38-13-9-32(2)10-14-38/h31-32,37-44H,7-30H2,1-6H3. The van der Waals surface area contributed by atoms with E-state index in [4.69, 9.17) is 4.74 Å². The number of alkyl halides is 2. The molecule has 0 N–H and O–H groups in total. The van der Waals surface area contributed by atoms with E-state index < -0.39 is 12.0 Å². The highest BCUT2D eigenvalue weighted by molar-refractivity contribution is 5.54. The van der Waals surface area contributed by atoms with Crippen molar-refractivity contribution >= 4 is 0 Å². The fourth-order valence-corrected chi connectivity index (χ4v) is 12.0. The van der Waals surface area contributed by atoms with Crippen molar-refractivity contribution in [3.8, 4) is 5.75 Å². The third-order valence-electron chi connectivity index (χ3n) is 16.0. The molecule has 0 amide bonds. The monoisotopic (exact) mass is 695 g/mol. The largest absolute Gasteiger partial charge is 0.432 e. The summed E-state index contributed by atoms with van der Waals surface area (Å²) < 4.78 is 37.7. The minimum atomic E-state index is -3.11. The summed E-state index contributed by atoms with van der Waals surface area (Å²) in [4.78, 5) is 0. The molecule has 5 saturated carbocycles. The summed E-state index contributed by atoms with van der Waals surface area (Å²) in [6.45, 7) is 13.2. The maximum absolute atomic E-state index is 15.9. The van der Waals surface area contributed by atoms with E-state index in [0.717, 1.165) is 77.7 Å². The number of ether oxygens (including phenoxy) is 1. The van der Waals surface area contributed by atoms with Crippen molar-refractivity contribution in [2.75, 3.05) is 0 Å². The summed E-state index contributed by atoms with van der Waals surface area (Å²) in [7, 11) is 0. The lowest BCUT2D eigenvalue weighted by atomic mass is 9.70. The SMILES string of the molecule is Cc1c(C)c(OC(F)(F)C2CCC(CC3CCC(CC4CCC(C)CC4)CC3)CC2)c(C)c(C)c1CC1CCC(CC2CCC(C)CC2)CC1. The van der Waals surface area contributed by atoms with Crippen LogP contribution in [0.4, 0.5) is 8.78 Å². The summed E-state index contributed by atoms with van der Waals surface area (Å²) in [6.07, 6.45) is 27.8. The molecule has 0 bridgehead atoms. The van der Waals surface area contributed by atoms with Crippen molar-refractivity contribution in [1.29, 1.82) is 0 Å². The number of rotatable bonds is 11. The first-order valence-electron chi connectivity index (χ1n) is 22.1. The molecule has 6 rings (SSSR count). The molecular weight excluding hydrogens is 619 g/mol. The molecular formula is C47H76F2O. The molecule has 0 aromatic heterocycles. The fourth-order valence-electron chi connectivity index (χ4n) is 12.0. The summed E-state index contributed by atoms with van der Waals surface area (Å²) in [5, 5.41) is 0. The number of hydrogen-bond donors (Lipinski definition) is 0. The normalized spacial score (nSPS) is 35.9. The van der Waals surface area contributed by atoms with Crippen LogP contribution in [-0.4, -0.2) is 6.11 Å². The molecule has 0 unspecified atom stereocenters. The zero-order valence-corrected chi connectivity index (χ0v) is 33.4. The first-order valence-corrected chi connectivity index (χ1v) is 22.1. The van der Waals surface area contributed by atoms with Gasteiger partial charge in [-0.1, -0.05) is 104 Å². The Morgan fingerprint density at radius 3 is 1.10 bits per heavy atom. The van der Waals surface area contributed by atoms with E-state index in [0.29, 0.717) is 24.5 Å². The lowest BCUT2D eigenvalue weighted by Crippen LogP contribution is -2.38. The van der Waals surface area contributed by atoms with E-state index in [1.165, 1.54) is 139 Å². The molecule has 1 aromatic rings. The van der Waals surface area contributed by atoms with Crippen LogP contribution in [0.3, 0.4) is 0 Å². The molecule has 0 radical (unpaired) electrons. The van der Waals surface area contributed by atoms with Gasteiger partial charge in [0.2, 0.25) is 0 Å². The molecule has 0 spiro atoms. The minimum absolute atomic E-state index is 0.459. The molecule has 3 heteroatoms. The van der Waals surface area contributed by atoms with Gasteiger partial charge in [0.15, 0.2) is 0 Å². The second-order valence-electron chi connectivity index (χ2n) is 19.6. The summed E-state index contributed by atoms with van der Waals surface area (Å²) in [6, 6.07) is 0. The van der Waals surface area contributed by atoms with Gasteiger partial charge in [-0.25, -0.2) is 0 Å². The number of halogens is 2. The van der Waals surface area contributed by atoms with Crippen LogP contribution in [-0.2, 0) is 6.42 Å². The molecule has 5 fully saturated rings. The Bertz CT molecular complexity index is 1170. The smallest absolute Gasteiger partial charge is 0.400 e. The summed E-state index contributed by atoms with van der Waals surface area (Å²) >= 11 is 0. The molecule has 5 aliphatic rings. The second-order valence-corrected chi connectivity index (χ2v) is 19.6. The van der Waals surface area contributed by atoms with Gasteiger partial charge in [0.1, 0.15) is 5.75 Å². The average Bonchev–Trinajstić information content (AvgIpc) is 3.11. The van der Waals surface area contributed by atoms with Crippen LogP contribution in [0, 0.1) is 86.9 Å². The van der Waals surface area contributed by atoms with Gasteiger partial charge in [-0.3, -0.25) is 0 Å². The van der Waals surface area contributed by atoms with Gasteiger partial charge in [0.25, 0.3) is 0 Å². The maximum Gasteiger partial charge on any atom is 0.400 e. The third-order valence-corrected chi connectivity index (χ3v) is 16.0. The van der Waals surface area contributed by atoms with Gasteiger partial charge < -0.3 is 4.74 Å². The summed E-state index contributed by atoms with van der Waals surface area (Å²) in [5.74, 6) is 7.67. The Morgan fingerprint density at radius 1 is 0.440 bits per heavy atom. The van der Waals surface area contributed by atoms with Crippen LogP contribution in [0.25, 0.3) is 0 Å². The van der Waals surface area contributed by atoms with Crippen molar-refractivity contribution < 1.29 is 13.5 Å². The Labute approximate surface area is 307 Å². The van der Waals surface area contributed by atoms with Crippen molar-refractivity contribution in [3.63, 3.8) is 0 Å². The molecule has 1 nitrogen and oxygen atoms in total. The molecule has 284 valence electrons. The number of benzene rings is 1. The van der Waals surface area contributed by atoms with E-state index in [-0.39, 0.29) is 0 Å². The van der Waals surface area contributed by atoms with E-state index in [1.54, 1.807) is 0 Å². The first kappa shape index (κ1) is 38.6. The van der Waals surface area contributed by atoms with Gasteiger partial charge in [-0.15, -0.1) is 0 Å². The molecule has 50 heavy (non-hydrogen) atoms. The van der Waals surface area contributed by atoms with Crippen LogP contribution in [0.5, 0.6) is 5.75 Å². The van der Waals surface area contributed by atoms with E-state index in [9.17, 15) is 0 Å². The Morgan fingerprint density at radius 2 is 0.740 bits per heavy atom. The average molecular weight is 695 g/mol.